The number of carbonyl (C=O) groups is 2. The van der Waals surface area contributed by atoms with Crippen LogP contribution in [0, 0.1) is 0 Å². The molecule has 7 nitrogen and oxygen atoms in total. The van der Waals surface area contributed by atoms with E-state index in [0.717, 1.165) is 44.3 Å². The second kappa shape index (κ2) is 32.8. The standard InChI is InChI=1S/C37H71O7P/c1-3-5-7-9-11-13-15-17-19-21-23-25-27-31-36(38)43-34-35(30-29-33-45(40,41)42)44-37(39)32-28-26-24-22-20-18-16-14-12-10-8-6-4-2/h29,33,35H,3-28,30-32,34H2,1-2H3,(H2,40,41,42)/b33-29-. The minimum atomic E-state index is -4.31. The second-order valence-electron chi connectivity index (χ2n) is 13.0. The normalized spacial score (nSPS) is 12.5. The molecule has 0 saturated heterocycles. The van der Waals surface area contributed by atoms with Crippen molar-refractivity contribution in [1.29, 1.82) is 0 Å². The average molecular weight is 659 g/mol. The van der Waals surface area contributed by atoms with Crippen LogP contribution in [0.15, 0.2) is 11.9 Å². The number of rotatable bonds is 34. The minimum Gasteiger partial charge on any atom is -0.462 e. The van der Waals surface area contributed by atoms with Gasteiger partial charge in [-0.25, -0.2) is 0 Å². The van der Waals surface area contributed by atoms with E-state index in [2.05, 4.69) is 13.8 Å². The molecule has 0 saturated carbocycles. The van der Waals surface area contributed by atoms with Crippen LogP contribution in [0.2, 0.25) is 0 Å². The Balaban J connectivity index is 4.04. The van der Waals surface area contributed by atoms with Crippen molar-refractivity contribution < 1.29 is 33.4 Å². The van der Waals surface area contributed by atoms with E-state index in [-0.39, 0.29) is 25.0 Å². The molecule has 0 radical (unpaired) electrons. The van der Waals surface area contributed by atoms with Gasteiger partial charge in [0.2, 0.25) is 0 Å². The Morgan fingerprint density at radius 2 is 0.889 bits per heavy atom. The molecule has 266 valence electrons. The maximum Gasteiger partial charge on any atom is 0.348 e. The van der Waals surface area contributed by atoms with Gasteiger partial charge in [0.1, 0.15) is 12.7 Å². The van der Waals surface area contributed by atoms with Gasteiger partial charge in [0.15, 0.2) is 0 Å². The number of ether oxygens (including phenoxy) is 2. The lowest BCUT2D eigenvalue weighted by Crippen LogP contribution is -2.25. The molecular weight excluding hydrogens is 587 g/mol. The van der Waals surface area contributed by atoms with Gasteiger partial charge in [0.25, 0.3) is 0 Å². The molecule has 0 aliphatic carbocycles. The van der Waals surface area contributed by atoms with Gasteiger partial charge in [-0.05, 0) is 12.8 Å². The van der Waals surface area contributed by atoms with Gasteiger partial charge in [0, 0.05) is 25.1 Å². The summed E-state index contributed by atoms with van der Waals surface area (Å²) in [6.07, 6.45) is 33.3. The van der Waals surface area contributed by atoms with Crippen LogP contribution in [0.5, 0.6) is 0 Å². The maximum absolute atomic E-state index is 12.4. The van der Waals surface area contributed by atoms with Crippen molar-refractivity contribution in [1.82, 2.24) is 0 Å². The maximum atomic E-state index is 12.4. The summed E-state index contributed by atoms with van der Waals surface area (Å²) in [6, 6.07) is 0. The lowest BCUT2D eigenvalue weighted by Gasteiger charge is -2.17. The lowest BCUT2D eigenvalue weighted by atomic mass is 10.0. The van der Waals surface area contributed by atoms with E-state index in [4.69, 9.17) is 19.3 Å². The van der Waals surface area contributed by atoms with Gasteiger partial charge in [-0.15, -0.1) is 0 Å². The summed E-state index contributed by atoms with van der Waals surface area (Å²) in [6.45, 7) is 4.39. The largest absolute Gasteiger partial charge is 0.462 e. The highest BCUT2D eigenvalue weighted by Crippen LogP contribution is 2.36. The van der Waals surface area contributed by atoms with Crippen molar-refractivity contribution >= 4 is 19.5 Å². The highest BCUT2D eigenvalue weighted by atomic mass is 31.2. The van der Waals surface area contributed by atoms with E-state index in [1.807, 2.05) is 0 Å². The molecule has 0 aliphatic heterocycles. The van der Waals surface area contributed by atoms with E-state index in [1.165, 1.54) is 134 Å². The third-order valence-corrected chi connectivity index (χ3v) is 9.00. The molecule has 0 aromatic heterocycles. The number of hydrogen-bond donors (Lipinski definition) is 2. The van der Waals surface area contributed by atoms with Crippen LogP contribution in [0.3, 0.4) is 0 Å². The van der Waals surface area contributed by atoms with Crippen molar-refractivity contribution in [3.63, 3.8) is 0 Å². The zero-order valence-electron chi connectivity index (χ0n) is 29.3. The Bertz CT molecular complexity index is 749. The summed E-state index contributed by atoms with van der Waals surface area (Å²) in [5.41, 5.74) is 0. The van der Waals surface area contributed by atoms with Crippen LogP contribution in [0.4, 0.5) is 0 Å². The molecule has 0 spiro atoms. The van der Waals surface area contributed by atoms with Crippen LogP contribution >= 0.6 is 7.60 Å². The van der Waals surface area contributed by atoms with Crippen LogP contribution in [-0.2, 0) is 23.6 Å². The number of esters is 2. The average Bonchev–Trinajstić information content (AvgIpc) is 2.99. The first-order valence-electron chi connectivity index (χ1n) is 18.9. The molecule has 0 fully saturated rings. The minimum absolute atomic E-state index is 0.0848. The molecule has 1 unspecified atom stereocenters. The molecule has 0 heterocycles. The molecule has 45 heavy (non-hydrogen) atoms. The van der Waals surface area contributed by atoms with E-state index in [0.29, 0.717) is 12.8 Å². The quantitative estimate of drug-likeness (QED) is 0.0402. The predicted molar refractivity (Wildman–Crippen MR) is 187 cm³/mol. The number of hydrogen-bond acceptors (Lipinski definition) is 5. The summed E-state index contributed by atoms with van der Waals surface area (Å²) < 4.78 is 22.1. The first-order chi connectivity index (χ1) is 21.8. The van der Waals surface area contributed by atoms with Crippen molar-refractivity contribution in [2.75, 3.05) is 6.61 Å². The Morgan fingerprint density at radius 1 is 0.556 bits per heavy atom. The molecular formula is C37H71O7P. The highest BCUT2D eigenvalue weighted by molar-refractivity contribution is 7.55. The fourth-order valence-corrected chi connectivity index (χ4v) is 5.97. The van der Waals surface area contributed by atoms with Gasteiger partial charge in [-0.1, -0.05) is 174 Å². The molecule has 0 aliphatic rings. The molecule has 0 amide bonds. The Labute approximate surface area is 277 Å². The second-order valence-corrected chi connectivity index (χ2v) is 14.5. The van der Waals surface area contributed by atoms with Crippen molar-refractivity contribution in [2.45, 2.75) is 206 Å². The zero-order valence-corrected chi connectivity index (χ0v) is 30.2. The predicted octanol–water partition coefficient (Wildman–Crippen LogP) is 11.5. The van der Waals surface area contributed by atoms with Gasteiger partial charge in [-0.3, -0.25) is 14.2 Å². The summed E-state index contributed by atoms with van der Waals surface area (Å²) in [7, 11) is -4.31. The SMILES string of the molecule is CCCCCCCCCCCCCCCC(=O)OCC(C/C=C\P(=O)(O)O)OC(=O)CCCCCCCCCCCCCCC. The van der Waals surface area contributed by atoms with Crippen molar-refractivity contribution in [3.8, 4) is 0 Å². The summed E-state index contributed by atoms with van der Waals surface area (Å²) in [4.78, 5) is 42.9. The summed E-state index contributed by atoms with van der Waals surface area (Å²) in [5.74, 6) is 0.116. The molecule has 0 aromatic carbocycles. The van der Waals surface area contributed by atoms with Crippen LogP contribution in [0.25, 0.3) is 0 Å². The third-order valence-electron chi connectivity index (χ3n) is 8.40. The number of unbranched alkanes of at least 4 members (excludes halogenated alkanes) is 24. The fourth-order valence-electron chi connectivity index (χ4n) is 5.58. The van der Waals surface area contributed by atoms with Crippen molar-refractivity contribution in [3.05, 3.63) is 11.9 Å². The van der Waals surface area contributed by atoms with E-state index < -0.39 is 13.7 Å². The zero-order chi connectivity index (χ0) is 33.3. The van der Waals surface area contributed by atoms with E-state index >= 15 is 0 Å². The first kappa shape index (κ1) is 43.8. The fraction of sp³-hybridized carbons (Fsp3) is 0.892. The highest BCUT2D eigenvalue weighted by Gasteiger charge is 2.17. The third kappa shape index (κ3) is 35.5. The molecule has 2 N–H and O–H groups in total. The van der Waals surface area contributed by atoms with Crippen LogP contribution in [0.1, 0.15) is 200 Å². The van der Waals surface area contributed by atoms with Crippen LogP contribution in [-0.4, -0.2) is 34.4 Å². The smallest absolute Gasteiger partial charge is 0.348 e. The molecule has 0 aromatic rings. The monoisotopic (exact) mass is 658 g/mol. The summed E-state index contributed by atoms with van der Waals surface area (Å²) in [5, 5.41) is 0. The number of carbonyl (C=O) groups excluding carboxylic acids is 2. The van der Waals surface area contributed by atoms with Gasteiger partial charge >= 0.3 is 19.5 Å². The Kier molecular flexibility index (Phi) is 31.9. The topological polar surface area (TPSA) is 110 Å². The Hall–Kier alpha value is -1.17. The van der Waals surface area contributed by atoms with E-state index in [9.17, 15) is 14.2 Å². The molecule has 8 heteroatoms. The van der Waals surface area contributed by atoms with Crippen molar-refractivity contribution in [2.24, 2.45) is 0 Å². The molecule has 0 rings (SSSR count). The van der Waals surface area contributed by atoms with Gasteiger partial charge in [0.05, 0.1) is 0 Å². The van der Waals surface area contributed by atoms with E-state index in [1.54, 1.807) is 0 Å². The van der Waals surface area contributed by atoms with Gasteiger partial charge < -0.3 is 19.3 Å². The molecule has 1 atom stereocenters. The first-order valence-corrected chi connectivity index (χ1v) is 20.5. The van der Waals surface area contributed by atoms with Gasteiger partial charge in [-0.2, -0.15) is 0 Å². The lowest BCUT2D eigenvalue weighted by molar-refractivity contribution is -0.159. The molecule has 0 bridgehead atoms. The summed E-state index contributed by atoms with van der Waals surface area (Å²) >= 11 is 0. The van der Waals surface area contributed by atoms with Crippen LogP contribution < -0.4 is 0 Å². The Morgan fingerprint density at radius 3 is 1.24 bits per heavy atom.